The summed E-state index contributed by atoms with van der Waals surface area (Å²) in [5.74, 6) is 1.71. The predicted octanol–water partition coefficient (Wildman–Crippen LogP) is 2.64. The lowest BCUT2D eigenvalue weighted by molar-refractivity contribution is -0.121. The lowest BCUT2D eigenvalue weighted by atomic mass is 9.93. The van der Waals surface area contributed by atoms with Gasteiger partial charge in [-0.3, -0.25) is 14.6 Å². The van der Waals surface area contributed by atoms with Gasteiger partial charge in [-0.2, -0.15) is 0 Å². The second-order valence-corrected chi connectivity index (χ2v) is 7.73. The Morgan fingerprint density at radius 1 is 1.12 bits per heavy atom. The number of carbonyl (C=O) groups is 1. The number of carbonyl (C=O) groups excluding carboxylic acids is 1. The highest BCUT2D eigenvalue weighted by Crippen LogP contribution is 2.26. The van der Waals surface area contributed by atoms with Crippen molar-refractivity contribution in [3.8, 4) is 5.75 Å². The zero-order valence-corrected chi connectivity index (χ0v) is 16.3. The molecule has 0 unspecified atom stereocenters. The normalized spacial score (nSPS) is 19.6. The van der Waals surface area contributed by atoms with Crippen LogP contribution < -0.4 is 10.1 Å². The van der Waals surface area contributed by atoms with Crippen LogP contribution in [0.5, 0.6) is 5.75 Å². The van der Waals surface area contributed by atoms with Crippen LogP contribution in [0, 0.1) is 5.92 Å². The smallest absolute Gasteiger partial charge is 0.220 e. The number of nitrogens with zero attached hydrogens (tertiary/aromatic N) is 2. The molecular weight excluding hydrogens is 326 g/mol. The number of hydrogen-bond donors (Lipinski definition) is 1. The van der Waals surface area contributed by atoms with Gasteiger partial charge in [0, 0.05) is 32.1 Å². The maximum Gasteiger partial charge on any atom is 0.220 e. The number of ether oxygens (including phenoxy) is 1. The van der Waals surface area contributed by atoms with Gasteiger partial charge in [-0.1, -0.05) is 6.07 Å². The van der Waals surface area contributed by atoms with Gasteiger partial charge in [-0.25, -0.2) is 0 Å². The molecule has 0 saturated carbocycles. The first kappa shape index (κ1) is 19.2. The van der Waals surface area contributed by atoms with Crippen molar-refractivity contribution in [2.45, 2.75) is 45.2 Å². The van der Waals surface area contributed by atoms with Gasteiger partial charge in [0.25, 0.3) is 0 Å². The molecule has 2 aliphatic heterocycles. The van der Waals surface area contributed by atoms with Gasteiger partial charge in [0.2, 0.25) is 5.91 Å². The molecule has 2 fully saturated rings. The fraction of sp³-hybridized carbons (Fsp3) is 0.667. The fourth-order valence-electron chi connectivity index (χ4n) is 4.21. The summed E-state index contributed by atoms with van der Waals surface area (Å²) in [5, 5.41) is 2.74. The Morgan fingerprint density at radius 3 is 2.46 bits per heavy atom. The third-order valence-electron chi connectivity index (χ3n) is 5.80. The molecule has 0 aliphatic carbocycles. The van der Waals surface area contributed by atoms with E-state index in [-0.39, 0.29) is 5.91 Å². The highest BCUT2D eigenvalue weighted by Gasteiger charge is 2.21. The summed E-state index contributed by atoms with van der Waals surface area (Å²) in [4.78, 5) is 16.6. The van der Waals surface area contributed by atoms with E-state index in [1.807, 2.05) is 0 Å². The summed E-state index contributed by atoms with van der Waals surface area (Å²) in [6.45, 7) is 6.54. The lowest BCUT2D eigenvalue weighted by Gasteiger charge is -2.31. The van der Waals surface area contributed by atoms with E-state index in [1.165, 1.54) is 37.1 Å². The van der Waals surface area contributed by atoms with Crippen LogP contribution in [0.2, 0.25) is 0 Å². The van der Waals surface area contributed by atoms with E-state index in [4.69, 9.17) is 4.74 Å². The van der Waals surface area contributed by atoms with E-state index in [0.29, 0.717) is 12.3 Å². The Bertz CT molecular complexity index is 591. The number of methoxy groups -OCH3 is 1. The minimum atomic E-state index is 0.171. The third-order valence-corrected chi connectivity index (χ3v) is 5.80. The van der Waals surface area contributed by atoms with Crippen molar-refractivity contribution in [3.63, 3.8) is 0 Å². The molecule has 2 heterocycles. The Kier molecular flexibility index (Phi) is 6.92. The number of piperidine rings is 1. The summed E-state index contributed by atoms with van der Waals surface area (Å²) in [6, 6.07) is 6.65. The van der Waals surface area contributed by atoms with E-state index in [9.17, 15) is 4.79 Å². The van der Waals surface area contributed by atoms with Crippen molar-refractivity contribution in [2.75, 3.05) is 40.3 Å². The molecule has 26 heavy (non-hydrogen) atoms. The highest BCUT2D eigenvalue weighted by atomic mass is 16.5. The van der Waals surface area contributed by atoms with Gasteiger partial charge < -0.3 is 10.1 Å². The molecule has 144 valence electrons. The standard InChI is InChI=1S/C21H33N3O2/c1-22-21(25)14-17-7-11-24(12-8-17)15-18-5-6-20(26-2)19(13-18)16-23-9-3-4-10-23/h5-6,13,17H,3-4,7-12,14-16H2,1-2H3,(H,22,25). The first-order valence-electron chi connectivity index (χ1n) is 9.99. The molecular formula is C21H33N3O2. The summed E-state index contributed by atoms with van der Waals surface area (Å²) >= 11 is 0. The number of amides is 1. The topological polar surface area (TPSA) is 44.8 Å². The van der Waals surface area contributed by atoms with E-state index >= 15 is 0 Å². The van der Waals surface area contributed by atoms with Crippen molar-refractivity contribution >= 4 is 5.91 Å². The number of benzene rings is 1. The van der Waals surface area contributed by atoms with Gasteiger partial charge in [-0.15, -0.1) is 0 Å². The van der Waals surface area contributed by atoms with Gasteiger partial charge in [-0.05, 0) is 75.5 Å². The summed E-state index contributed by atoms with van der Waals surface area (Å²) in [7, 11) is 3.49. The van der Waals surface area contributed by atoms with Crippen molar-refractivity contribution in [1.82, 2.24) is 15.1 Å². The van der Waals surface area contributed by atoms with Gasteiger partial charge in [0.1, 0.15) is 5.75 Å². The Hall–Kier alpha value is -1.59. The first-order valence-corrected chi connectivity index (χ1v) is 9.99. The van der Waals surface area contributed by atoms with Crippen molar-refractivity contribution in [1.29, 1.82) is 0 Å². The minimum Gasteiger partial charge on any atom is -0.496 e. The summed E-state index contributed by atoms with van der Waals surface area (Å²) in [6.07, 6.45) is 5.53. The molecule has 0 bridgehead atoms. The quantitative estimate of drug-likeness (QED) is 0.813. The molecule has 2 aliphatic rings. The minimum absolute atomic E-state index is 0.171. The average Bonchev–Trinajstić information content (AvgIpc) is 3.16. The third kappa shape index (κ3) is 5.21. The van der Waals surface area contributed by atoms with E-state index in [0.717, 1.165) is 44.8 Å². The summed E-state index contributed by atoms with van der Waals surface area (Å²) < 4.78 is 5.58. The highest BCUT2D eigenvalue weighted by molar-refractivity contribution is 5.75. The average molecular weight is 360 g/mol. The predicted molar refractivity (Wildman–Crippen MR) is 104 cm³/mol. The van der Waals surface area contributed by atoms with Gasteiger partial charge in [0.15, 0.2) is 0 Å². The molecule has 1 amide bonds. The molecule has 3 rings (SSSR count). The molecule has 2 saturated heterocycles. The van der Waals surface area contributed by atoms with Crippen LogP contribution in [-0.2, 0) is 17.9 Å². The van der Waals surface area contributed by atoms with Crippen molar-refractivity contribution < 1.29 is 9.53 Å². The maximum atomic E-state index is 11.6. The molecule has 0 atom stereocenters. The molecule has 1 N–H and O–H groups in total. The van der Waals surface area contributed by atoms with Crippen molar-refractivity contribution in [3.05, 3.63) is 29.3 Å². The number of nitrogens with one attached hydrogen (secondary N) is 1. The van der Waals surface area contributed by atoms with E-state index < -0.39 is 0 Å². The van der Waals surface area contributed by atoms with Gasteiger partial charge >= 0.3 is 0 Å². The zero-order chi connectivity index (χ0) is 18.4. The van der Waals surface area contributed by atoms with Crippen LogP contribution in [-0.4, -0.2) is 56.0 Å². The van der Waals surface area contributed by atoms with Crippen LogP contribution in [0.1, 0.15) is 43.2 Å². The van der Waals surface area contributed by atoms with Gasteiger partial charge in [0.05, 0.1) is 7.11 Å². The molecule has 0 aromatic heterocycles. The van der Waals surface area contributed by atoms with E-state index in [1.54, 1.807) is 14.2 Å². The molecule has 0 radical (unpaired) electrons. The van der Waals surface area contributed by atoms with Crippen LogP contribution in [0.25, 0.3) is 0 Å². The number of rotatable bonds is 7. The van der Waals surface area contributed by atoms with Crippen LogP contribution in [0.3, 0.4) is 0 Å². The largest absolute Gasteiger partial charge is 0.496 e. The van der Waals surface area contributed by atoms with Crippen LogP contribution in [0.15, 0.2) is 18.2 Å². The maximum absolute atomic E-state index is 11.6. The van der Waals surface area contributed by atoms with Crippen LogP contribution >= 0.6 is 0 Å². The first-order chi connectivity index (χ1) is 12.7. The monoisotopic (exact) mass is 359 g/mol. The number of hydrogen-bond acceptors (Lipinski definition) is 4. The molecule has 0 spiro atoms. The summed E-state index contributed by atoms with van der Waals surface area (Å²) in [5.41, 5.74) is 2.67. The molecule has 5 nitrogen and oxygen atoms in total. The molecule has 1 aromatic carbocycles. The lowest BCUT2D eigenvalue weighted by Crippen LogP contribution is -2.35. The Morgan fingerprint density at radius 2 is 1.81 bits per heavy atom. The molecule has 5 heteroatoms. The zero-order valence-electron chi connectivity index (χ0n) is 16.3. The van der Waals surface area contributed by atoms with Crippen LogP contribution in [0.4, 0.5) is 0 Å². The second kappa shape index (κ2) is 9.38. The Balaban J connectivity index is 1.55. The number of likely N-dealkylation sites (tertiary alicyclic amines) is 2. The molecule has 1 aromatic rings. The Labute approximate surface area is 157 Å². The van der Waals surface area contributed by atoms with E-state index in [2.05, 4.69) is 33.3 Å². The van der Waals surface area contributed by atoms with Crippen molar-refractivity contribution in [2.24, 2.45) is 5.92 Å². The SMILES string of the molecule is CNC(=O)CC1CCN(Cc2ccc(OC)c(CN3CCCC3)c2)CC1. The second-order valence-electron chi connectivity index (χ2n) is 7.73. The fourth-order valence-corrected chi connectivity index (χ4v) is 4.21.